The molecule has 0 saturated heterocycles. The standard InChI is InChI=1S/C15H11NOSe/c17-16-11-5-7-12-6-4-10-14(15(12)16)18-13-8-2-1-3-9-13/h1-11H. The summed E-state index contributed by atoms with van der Waals surface area (Å²) < 4.78 is 3.37. The van der Waals surface area contributed by atoms with Crippen molar-refractivity contribution in [1.29, 1.82) is 0 Å². The van der Waals surface area contributed by atoms with Crippen molar-refractivity contribution in [2.75, 3.05) is 0 Å². The van der Waals surface area contributed by atoms with Crippen molar-refractivity contribution in [3.63, 3.8) is 0 Å². The van der Waals surface area contributed by atoms with Crippen molar-refractivity contribution in [3.05, 3.63) is 72.1 Å². The van der Waals surface area contributed by atoms with Gasteiger partial charge in [-0.3, -0.25) is 0 Å². The topological polar surface area (TPSA) is 26.9 Å². The molecule has 0 fully saturated rings. The van der Waals surface area contributed by atoms with Gasteiger partial charge in [0, 0.05) is 0 Å². The van der Waals surface area contributed by atoms with Gasteiger partial charge in [-0.2, -0.15) is 0 Å². The van der Waals surface area contributed by atoms with Gasteiger partial charge in [0.1, 0.15) is 0 Å². The van der Waals surface area contributed by atoms with Crippen LogP contribution in [0.25, 0.3) is 10.9 Å². The Kier molecular flexibility index (Phi) is 3.01. The van der Waals surface area contributed by atoms with Crippen LogP contribution in [0.5, 0.6) is 0 Å². The van der Waals surface area contributed by atoms with Gasteiger partial charge in [0.15, 0.2) is 0 Å². The van der Waals surface area contributed by atoms with Gasteiger partial charge < -0.3 is 0 Å². The molecule has 0 unspecified atom stereocenters. The maximum atomic E-state index is 11.9. The van der Waals surface area contributed by atoms with Gasteiger partial charge in [-0.1, -0.05) is 0 Å². The first-order chi connectivity index (χ1) is 8.84. The molecule has 1 aromatic heterocycles. The van der Waals surface area contributed by atoms with Crippen molar-refractivity contribution in [1.82, 2.24) is 0 Å². The third-order valence-electron chi connectivity index (χ3n) is 2.72. The van der Waals surface area contributed by atoms with Gasteiger partial charge in [0.05, 0.1) is 0 Å². The Morgan fingerprint density at radius 3 is 2.44 bits per heavy atom. The summed E-state index contributed by atoms with van der Waals surface area (Å²) in [7, 11) is 0. The van der Waals surface area contributed by atoms with E-state index in [0.717, 1.165) is 20.1 Å². The molecule has 2 aromatic carbocycles. The number of aromatic nitrogens is 1. The Morgan fingerprint density at radius 1 is 0.833 bits per heavy atom. The number of benzene rings is 2. The van der Waals surface area contributed by atoms with Crippen LogP contribution in [0.4, 0.5) is 0 Å². The third kappa shape index (κ3) is 2.10. The van der Waals surface area contributed by atoms with Gasteiger partial charge in [-0.25, -0.2) is 0 Å². The molecule has 18 heavy (non-hydrogen) atoms. The third-order valence-corrected chi connectivity index (χ3v) is 4.94. The number of hydrogen-bond donors (Lipinski definition) is 0. The summed E-state index contributed by atoms with van der Waals surface area (Å²) in [6.45, 7) is 0. The zero-order valence-corrected chi connectivity index (χ0v) is 11.3. The summed E-state index contributed by atoms with van der Waals surface area (Å²) in [5, 5.41) is 12.9. The predicted octanol–water partition coefficient (Wildman–Crippen LogP) is 1.13. The Hall–Kier alpha value is -1.83. The van der Waals surface area contributed by atoms with Crippen LogP contribution in [0.1, 0.15) is 0 Å². The van der Waals surface area contributed by atoms with E-state index in [9.17, 15) is 5.21 Å². The molecule has 0 atom stereocenters. The SMILES string of the molecule is [O-][n+]1cccc2cccc([Se]c3ccccc3)c21. The van der Waals surface area contributed by atoms with E-state index in [-0.39, 0.29) is 15.0 Å². The molecule has 0 aliphatic rings. The molecule has 0 bridgehead atoms. The molecule has 0 spiro atoms. The summed E-state index contributed by atoms with van der Waals surface area (Å²) in [6, 6.07) is 20.1. The molecule has 1 heterocycles. The average molecular weight is 300 g/mol. The first-order valence-corrected chi connectivity index (χ1v) is 7.40. The van der Waals surface area contributed by atoms with E-state index >= 15 is 0 Å². The fourth-order valence-electron chi connectivity index (χ4n) is 1.91. The molecule has 0 aliphatic heterocycles. The fourth-order valence-corrected chi connectivity index (χ4v) is 4.00. The Labute approximate surface area is 112 Å². The van der Waals surface area contributed by atoms with Crippen molar-refractivity contribution in [3.8, 4) is 0 Å². The van der Waals surface area contributed by atoms with Crippen molar-refractivity contribution >= 4 is 34.8 Å². The molecular formula is C15H11NOSe. The van der Waals surface area contributed by atoms with Crippen LogP contribution in [-0.2, 0) is 0 Å². The summed E-state index contributed by atoms with van der Waals surface area (Å²) in [5.74, 6) is 0. The second-order valence-corrected chi connectivity index (χ2v) is 6.28. The van der Waals surface area contributed by atoms with Gasteiger partial charge in [0.2, 0.25) is 0 Å². The normalized spacial score (nSPS) is 10.7. The Bertz CT molecular complexity index is 677. The van der Waals surface area contributed by atoms with Gasteiger partial charge >= 0.3 is 112 Å². The molecule has 88 valence electrons. The molecule has 3 rings (SSSR count). The number of para-hydroxylation sites is 1. The molecule has 0 saturated carbocycles. The van der Waals surface area contributed by atoms with Crippen LogP contribution in [0, 0.1) is 5.21 Å². The average Bonchev–Trinajstić information content (AvgIpc) is 2.40. The van der Waals surface area contributed by atoms with Gasteiger partial charge in [-0.15, -0.1) is 0 Å². The van der Waals surface area contributed by atoms with Crippen molar-refractivity contribution < 1.29 is 4.73 Å². The molecule has 0 radical (unpaired) electrons. The van der Waals surface area contributed by atoms with E-state index in [1.54, 1.807) is 12.3 Å². The van der Waals surface area contributed by atoms with Crippen molar-refractivity contribution in [2.24, 2.45) is 0 Å². The second kappa shape index (κ2) is 4.81. The molecule has 0 N–H and O–H groups in total. The molecule has 2 nitrogen and oxygen atoms in total. The summed E-state index contributed by atoms with van der Waals surface area (Å²) in [5.41, 5.74) is 0.795. The van der Waals surface area contributed by atoms with E-state index in [4.69, 9.17) is 0 Å². The van der Waals surface area contributed by atoms with Crippen LogP contribution in [-0.4, -0.2) is 15.0 Å². The van der Waals surface area contributed by atoms with Crippen LogP contribution in [0.15, 0.2) is 66.9 Å². The molecule has 0 aliphatic carbocycles. The summed E-state index contributed by atoms with van der Waals surface area (Å²) in [4.78, 5) is 0. The number of nitrogens with zero attached hydrogens (tertiary/aromatic N) is 1. The van der Waals surface area contributed by atoms with Crippen molar-refractivity contribution in [2.45, 2.75) is 0 Å². The Balaban J connectivity index is 2.12. The molecule has 0 amide bonds. The second-order valence-electron chi connectivity index (χ2n) is 3.94. The van der Waals surface area contributed by atoms with Crippen LogP contribution in [0.3, 0.4) is 0 Å². The number of hydrogen-bond acceptors (Lipinski definition) is 1. The Morgan fingerprint density at radius 2 is 1.61 bits per heavy atom. The molecule has 3 heteroatoms. The zero-order chi connectivity index (χ0) is 12.4. The van der Waals surface area contributed by atoms with E-state index in [2.05, 4.69) is 12.1 Å². The monoisotopic (exact) mass is 301 g/mol. The molecular weight excluding hydrogens is 289 g/mol. The summed E-state index contributed by atoms with van der Waals surface area (Å²) in [6.07, 6.45) is 1.56. The molecule has 3 aromatic rings. The number of fused-ring (bicyclic) bond motifs is 1. The van der Waals surface area contributed by atoms with Crippen LogP contribution in [0.2, 0.25) is 0 Å². The van der Waals surface area contributed by atoms with E-state index < -0.39 is 0 Å². The first-order valence-electron chi connectivity index (χ1n) is 5.68. The quantitative estimate of drug-likeness (QED) is 0.396. The predicted molar refractivity (Wildman–Crippen MR) is 74.4 cm³/mol. The van der Waals surface area contributed by atoms with E-state index in [1.165, 1.54) is 4.46 Å². The first kappa shape index (κ1) is 11.3. The van der Waals surface area contributed by atoms with Gasteiger partial charge in [0.25, 0.3) is 0 Å². The van der Waals surface area contributed by atoms with Crippen LogP contribution < -0.4 is 13.7 Å². The van der Waals surface area contributed by atoms with Gasteiger partial charge in [-0.05, 0) is 0 Å². The summed E-state index contributed by atoms with van der Waals surface area (Å²) >= 11 is 0.161. The number of rotatable bonds is 2. The minimum absolute atomic E-state index is 0.161. The van der Waals surface area contributed by atoms with E-state index in [0.29, 0.717) is 0 Å². The zero-order valence-electron chi connectivity index (χ0n) is 9.61. The fraction of sp³-hybridized carbons (Fsp3) is 0. The van der Waals surface area contributed by atoms with E-state index in [1.807, 2.05) is 42.5 Å². The maximum absolute atomic E-state index is 11.9. The minimum atomic E-state index is 0.161. The number of pyridine rings is 1. The van der Waals surface area contributed by atoms with Crippen LogP contribution >= 0.6 is 0 Å².